The summed E-state index contributed by atoms with van der Waals surface area (Å²) in [5.41, 5.74) is 3.68. The first-order chi connectivity index (χ1) is 8.56. The molecule has 0 aliphatic carbocycles. The molecule has 0 saturated carbocycles. The molecule has 2 heterocycles. The second-order valence-electron chi connectivity index (χ2n) is 4.14. The Hall–Kier alpha value is -1.52. The number of aryl methyl sites for hydroxylation is 1. The standard InChI is InChI=1S/C12H10Cl2N4/c1-6-7(5-15-18(6)2)12-16-10-3-8(13)9(14)4-11(10)17-12/h3-5H,1-2H3,(H,16,17). The molecule has 0 unspecified atom stereocenters. The Morgan fingerprint density at radius 2 is 1.94 bits per heavy atom. The monoisotopic (exact) mass is 280 g/mol. The summed E-state index contributed by atoms with van der Waals surface area (Å²) in [4.78, 5) is 7.73. The van der Waals surface area contributed by atoms with Crippen LogP contribution in [0, 0.1) is 6.92 Å². The zero-order valence-electron chi connectivity index (χ0n) is 9.83. The molecule has 4 nitrogen and oxygen atoms in total. The van der Waals surface area contributed by atoms with Gasteiger partial charge in [-0.1, -0.05) is 23.2 Å². The van der Waals surface area contributed by atoms with E-state index < -0.39 is 0 Å². The van der Waals surface area contributed by atoms with Crippen LogP contribution in [0.3, 0.4) is 0 Å². The van der Waals surface area contributed by atoms with Crippen molar-refractivity contribution >= 4 is 34.2 Å². The third-order valence-corrected chi connectivity index (χ3v) is 3.74. The fourth-order valence-corrected chi connectivity index (χ4v) is 2.19. The van der Waals surface area contributed by atoms with Crippen LogP contribution in [0.25, 0.3) is 22.4 Å². The predicted molar refractivity (Wildman–Crippen MR) is 73.1 cm³/mol. The summed E-state index contributed by atoms with van der Waals surface area (Å²) in [7, 11) is 1.90. The van der Waals surface area contributed by atoms with Crippen LogP contribution in [0.1, 0.15) is 5.69 Å². The van der Waals surface area contributed by atoms with Crippen LogP contribution in [-0.2, 0) is 7.05 Å². The Bertz CT molecular complexity index is 703. The van der Waals surface area contributed by atoms with E-state index in [4.69, 9.17) is 23.2 Å². The Labute approximate surface area is 114 Å². The van der Waals surface area contributed by atoms with E-state index in [0.717, 1.165) is 28.1 Å². The van der Waals surface area contributed by atoms with Crippen molar-refractivity contribution in [3.05, 3.63) is 34.1 Å². The van der Waals surface area contributed by atoms with E-state index in [2.05, 4.69) is 15.1 Å². The maximum atomic E-state index is 5.98. The van der Waals surface area contributed by atoms with E-state index in [-0.39, 0.29) is 0 Å². The van der Waals surface area contributed by atoms with Gasteiger partial charge in [-0.3, -0.25) is 4.68 Å². The summed E-state index contributed by atoms with van der Waals surface area (Å²) in [6.07, 6.45) is 1.79. The third-order valence-electron chi connectivity index (χ3n) is 3.01. The molecule has 3 aromatic rings. The topological polar surface area (TPSA) is 46.5 Å². The van der Waals surface area contributed by atoms with Crippen LogP contribution in [0.2, 0.25) is 10.0 Å². The van der Waals surface area contributed by atoms with Gasteiger partial charge >= 0.3 is 0 Å². The lowest BCUT2D eigenvalue weighted by Crippen LogP contribution is -1.92. The van der Waals surface area contributed by atoms with Crippen LogP contribution < -0.4 is 0 Å². The van der Waals surface area contributed by atoms with Gasteiger partial charge in [0.25, 0.3) is 0 Å². The molecule has 0 spiro atoms. The number of imidazole rings is 1. The molecule has 0 aliphatic rings. The third kappa shape index (κ3) is 1.69. The maximum absolute atomic E-state index is 5.98. The molecular formula is C12H10Cl2N4. The average molecular weight is 281 g/mol. The minimum Gasteiger partial charge on any atom is -0.338 e. The summed E-state index contributed by atoms with van der Waals surface area (Å²) in [6, 6.07) is 3.53. The van der Waals surface area contributed by atoms with Gasteiger partial charge in [0.05, 0.1) is 32.8 Å². The summed E-state index contributed by atoms with van der Waals surface area (Å²) in [5.74, 6) is 0.772. The Kier molecular flexibility index (Phi) is 2.57. The highest BCUT2D eigenvalue weighted by atomic mass is 35.5. The van der Waals surface area contributed by atoms with E-state index in [1.807, 2.05) is 18.7 Å². The van der Waals surface area contributed by atoms with Gasteiger partial charge in [0.15, 0.2) is 0 Å². The van der Waals surface area contributed by atoms with E-state index in [0.29, 0.717) is 10.0 Å². The molecular weight excluding hydrogens is 271 g/mol. The minimum absolute atomic E-state index is 0.505. The van der Waals surface area contributed by atoms with Crippen LogP contribution >= 0.6 is 23.2 Å². The van der Waals surface area contributed by atoms with Crippen molar-refractivity contribution in [2.24, 2.45) is 7.05 Å². The quantitative estimate of drug-likeness (QED) is 0.741. The maximum Gasteiger partial charge on any atom is 0.141 e. The molecule has 1 aromatic carbocycles. The molecule has 0 amide bonds. The first-order valence-corrected chi connectivity index (χ1v) is 6.15. The number of halogens is 2. The van der Waals surface area contributed by atoms with Crippen molar-refractivity contribution in [3.63, 3.8) is 0 Å². The molecule has 0 bridgehead atoms. The lowest BCUT2D eigenvalue weighted by atomic mass is 10.2. The molecule has 0 aliphatic heterocycles. The second kappa shape index (κ2) is 4.00. The van der Waals surface area contributed by atoms with Crippen molar-refractivity contribution < 1.29 is 0 Å². The first-order valence-electron chi connectivity index (χ1n) is 5.40. The molecule has 6 heteroatoms. The normalized spacial score (nSPS) is 11.3. The number of hydrogen-bond acceptors (Lipinski definition) is 2. The largest absolute Gasteiger partial charge is 0.338 e. The molecule has 2 aromatic heterocycles. The Morgan fingerprint density at radius 1 is 1.22 bits per heavy atom. The SMILES string of the molecule is Cc1c(-c2nc3cc(Cl)c(Cl)cc3[nH]2)cnn1C. The number of H-pyrrole nitrogens is 1. The molecule has 0 fully saturated rings. The zero-order chi connectivity index (χ0) is 12.9. The average Bonchev–Trinajstić information content (AvgIpc) is 2.85. The van der Waals surface area contributed by atoms with Crippen molar-refractivity contribution in [3.8, 4) is 11.4 Å². The number of rotatable bonds is 1. The summed E-state index contributed by atoms with van der Waals surface area (Å²) in [6.45, 7) is 2.00. The van der Waals surface area contributed by atoms with Crippen LogP contribution in [-0.4, -0.2) is 19.7 Å². The van der Waals surface area contributed by atoms with Gasteiger partial charge in [0.2, 0.25) is 0 Å². The van der Waals surface area contributed by atoms with Gasteiger partial charge in [-0.2, -0.15) is 5.10 Å². The van der Waals surface area contributed by atoms with Crippen LogP contribution in [0.15, 0.2) is 18.3 Å². The second-order valence-corrected chi connectivity index (χ2v) is 4.95. The van der Waals surface area contributed by atoms with E-state index >= 15 is 0 Å². The summed E-state index contributed by atoms with van der Waals surface area (Å²) < 4.78 is 1.81. The van der Waals surface area contributed by atoms with Crippen molar-refractivity contribution in [2.75, 3.05) is 0 Å². The zero-order valence-corrected chi connectivity index (χ0v) is 11.3. The Balaban J connectivity index is 2.22. The van der Waals surface area contributed by atoms with Crippen molar-refractivity contribution in [1.29, 1.82) is 0 Å². The van der Waals surface area contributed by atoms with Gasteiger partial charge in [-0.25, -0.2) is 4.98 Å². The molecule has 3 rings (SSSR count). The fourth-order valence-electron chi connectivity index (χ4n) is 1.86. The molecule has 0 atom stereocenters. The molecule has 92 valence electrons. The predicted octanol–water partition coefficient (Wildman–Crippen LogP) is 3.58. The van der Waals surface area contributed by atoms with Gasteiger partial charge in [0.1, 0.15) is 5.82 Å². The number of nitrogens with zero attached hydrogens (tertiary/aromatic N) is 3. The fraction of sp³-hybridized carbons (Fsp3) is 0.167. The molecule has 1 N–H and O–H groups in total. The van der Waals surface area contributed by atoms with Crippen LogP contribution in [0.5, 0.6) is 0 Å². The van der Waals surface area contributed by atoms with E-state index in [9.17, 15) is 0 Å². The lowest BCUT2D eigenvalue weighted by Gasteiger charge is -1.95. The summed E-state index contributed by atoms with van der Waals surface area (Å²) >= 11 is 12.0. The van der Waals surface area contributed by atoms with Gasteiger partial charge in [0, 0.05) is 12.7 Å². The molecule has 0 saturated heterocycles. The summed E-state index contributed by atoms with van der Waals surface area (Å²) in [5, 5.41) is 5.22. The Morgan fingerprint density at radius 3 is 2.61 bits per heavy atom. The van der Waals surface area contributed by atoms with Gasteiger partial charge < -0.3 is 4.98 Å². The number of nitrogens with one attached hydrogen (secondary N) is 1. The molecule has 18 heavy (non-hydrogen) atoms. The van der Waals surface area contributed by atoms with Crippen molar-refractivity contribution in [2.45, 2.75) is 6.92 Å². The highest BCUT2D eigenvalue weighted by Crippen LogP contribution is 2.29. The molecule has 0 radical (unpaired) electrons. The number of aromatic nitrogens is 4. The number of fused-ring (bicyclic) bond motifs is 1. The number of hydrogen-bond donors (Lipinski definition) is 1. The first kappa shape index (κ1) is 11.6. The van der Waals surface area contributed by atoms with Gasteiger partial charge in [-0.05, 0) is 19.1 Å². The number of aromatic amines is 1. The highest BCUT2D eigenvalue weighted by Gasteiger charge is 2.12. The lowest BCUT2D eigenvalue weighted by molar-refractivity contribution is 0.740. The van der Waals surface area contributed by atoms with Crippen molar-refractivity contribution in [1.82, 2.24) is 19.7 Å². The smallest absolute Gasteiger partial charge is 0.141 e. The van der Waals surface area contributed by atoms with E-state index in [1.54, 1.807) is 18.3 Å². The van der Waals surface area contributed by atoms with Gasteiger partial charge in [-0.15, -0.1) is 0 Å². The highest BCUT2D eigenvalue weighted by molar-refractivity contribution is 6.42. The number of benzene rings is 1. The minimum atomic E-state index is 0.505. The van der Waals surface area contributed by atoms with E-state index in [1.165, 1.54) is 0 Å². The van der Waals surface area contributed by atoms with Crippen LogP contribution in [0.4, 0.5) is 0 Å².